The van der Waals surface area contributed by atoms with Crippen LogP contribution >= 0.6 is 0 Å². The fourth-order valence-electron chi connectivity index (χ4n) is 3.98. The van der Waals surface area contributed by atoms with Gasteiger partial charge in [0.25, 0.3) is 0 Å². The van der Waals surface area contributed by atoms with Gasteiger partial charge in [-0.3, -0.25) is 9.59 Å². The van der Waals surface area contributed by atoms with Crippen LogP contribution < -0.4 is 0 Å². The second-order valence-electron chi connectivity index (χ2n) is 9.22. The van der Waals surface area contributed by atoms with Gasteiger partial charge in [0.2, 0.25) is 0 Å². The lowest BCUT2D eigenvalue weighted by molar-refractivity contribution is -0.143. The van der Waals surface area contributed by atoms with Gasteiger partial charge in [0.1, 0.15) is 11.6 Å². The average Bonchev–Trinajstić information content (AvgIpc) is 2.93. The van der Waals surface area contributed by atoms with Crippen LogP contribution in [0.1, 0.15) is 44.2 Å². The van der Waals surface area contributed by atoms with Crippen molar-refractivity contribution in [3.63, 3.8) is 0 Å². The molecule has 6 heteroatoms. The van der Waals surface area contributed by atoms with Gasteiger partial charge in [-0.15, -0.1) is 0 Å². The van der Waals surface area contributed by atoms with E-state index >= 15 is 0 Å². The van der Waals surface area contributed by atoms with Crippen LogP contribution in [0.2, 0.25) is 0 Å². The van der Waals surface area contributed by atoms with Gasteiger partial charge in [0.15, 0.2) is 0 Å². The highest BCUT2D eigenvalue weighted by molar-refractivity contribution is 5.81. The van der Waals surface area contributed by atoms with Crippen molar-refractivity contribution in [2.75, 3.05) is 0 Å². The molecule has 0 bridgehead atoms. The Balaban J connectivity index is 0.000000212. The van der Waals surface area contributed by atoms with E-state index in [1.807, 2.05) is 60.7 Å². The third-order valence-electron chi connectivity index (χ3n) is 6.82. The van der Waals surface area contributed by atoms with Crippen LogP contribution in [0.15, 0.2) is 97.1 Å². The number of rotatable bonds is 7. The molecule has 0 aliphatic carbocycles. The Labute approximate surface area is 221 Å². The van der Waals surface area contributed by atoms with Crippen LogP contribution in [0.3, 0.4) is 0 Å². The van der Waals surface area contributed by atoms with Crippen LogP contribution in [0.5, 0.6) is 0 Å². The zero-order chi connectivity index (χ0) is 27.9. The van der Waals surface area contributed by atoms with Crippen molar-refractivity contribution >= 4 is 11.9 Å². The summed E-state index contributed by atoms with van der Waals surface area (Å²) >= 11 is 0. The molecule has 2 N–H and O–H groups in total. The third-order valence-corrected chi connectivity index (χ3v) is 6.82. The summed E-state index contributed by atoms with van der Waals surface area (Å²) in [5.41, 5.74) is 2.44. The first-order valence-corrected chi connectivity index (χ1v) is 12.2. The Morgan fingerprint density at radius 2 is 1.24 bits per heavy atom. The zero-order valence-electron chi connectivity index (χ0n) is 21.5. The summed E-state index contributed by atoms with van der Waals surface area (Å²) in [4.78, 5) is 22.2. The van der Waals surface area contributed by atoms with E-state index in [9.17, 15) is 23.5 Å². The monoisotopic (exact) mass is 516 g/mol. The first-order valence-electron chi connectivity index (χ1n) is 12.2. The maximum atomic E-state index is 14.3. The summed E-state index contributed by atoms with van der Waals surface area (Å²) in [7, 11) is 0. The number of hydrogen-bond donors (Lipinski definition) is 2. The number of halogens is 2. The zero-order valence-corrected chi connectivity index (χ0v) is 21.5. The smallest absolute Gasteiger partial charge is 0.313 e. The quantitative estimate of drug-likeness (QED) is 0.262. The highest BCUT2D eigenvalue weighted by Gasteiger charge is 2.33. The van der Waals surface area contributed by atoms with Crippen LogP contribution in [-0.2, 0) is 15.0 Å². The Kier molecular flexibility index (Phi) is 9.13. The third kappa shape index (κ3) is 6.32. The minimum atomic E-state index is -1.06. The summed E-state index contributed by atoms with van der Waals surface area (Å²) < 4.78 is 28.2. The van der Waals surface area contributed by atoms with Crippen molar-refractivity contribution in [1.29, 1.82) is 0 Å². The van der Waals surface area contributed by atoms with Crippen LogP contribution in [0.25, 0.3) is 22.3 Å². The van der Waals surface area contributed by atoms with E-state index < -0.39 is 34.9 Å². The molecule has 0 saturated heterocycles. The Bertz CT molecular complexity index is 1400. The number of carboxylic acid groups (broad SMARTS) is 2. The number of benzene rings is 4. The molecule has 4 nitrogen and oxygen atoms in total. The molecule has 4 aromatic rings. The van der Waals surface area contributed by atoms with Crippen LogP contribution in [0.4, 0.5) is 8.78 Å². The van der Waals surface area contributed by atoms with Gasteiger partial charge in [0, 0.05) is 11.1 Å². The molecule has 0 aliphatic rings. The summed E-state index contributed by atoms with van der Waals surface area (Å²) in [6, 6.07) is 27.6. The molecular weight excluding hydrogens is 486 g/mol. The lowest BCUT2D eigenvalue weighted by Gasteiger charge is -2.24. The molecule has 0 aromatic heterocycles. The van der Waals surface area contributed by atoms with E-state index in [0.717, 1.165) is 11.1 Å². The largest absolute Gasteiger partial charge is 0.481 e. The number of carboxylic acids is 2. The van der Waals surface area contributed by atoms with E-state index in [-0.39, 0.29) is 0 Å². The predicted octanol–water partition coefficient (Wildman–Crippen LogP) is 7.93. The number of carbonyl (C=O) groups is 2. The fraction of sp³-hybridized carbons (Fsp3) is 0.188. The standard InChI is InChI=1S/C17H17FO2.C15H13FO2/c1-3-17(2,16(19)20)13-9-10-14(15(18)11-13)12-7-5-4-6-8-12;1-10(15(17)18)12-7-8-13(14(16)9-12)11-5-3-2-4-6-11/h4-11H,3H2,1-2H3,(H,19,20);2-10H,1H3,(H,17,18). The minimum Gasteiger partial charge on any atom is -0.481 e. The van der Waals surface area contributed by atoms with E-state index in [0.29, 0.717) is 28.7 Å². The molecule has 4 rings (SSSR count). The lowest BCUT2D eigenvalue weighted by atomic mass is 9.79. The van der Waals surface area contributed by atoms with Crippen molar-refractivity contribution in [2.45, 2.75) is 38.5 Å². The van der Waals surface area contributed by atoms with Crippen molar-refractivity contribution in [2.24, 2.45) is 0 Å². The fourth-order valence-corrected chi connectivity index (χ4v) is 3.98. The van der Waals surface area contributed by atoms with Crippen molar-refractivity contribution < 1.29 is 28.6 Å². The van der Waals surface area contributed by atoms with Crippen molar-refractivity contribution in [3.8, 4) is 22.3 Å². The molecule has 196 valence electrons. The van der Waals surface area contributed by atoms with Gasteiger partial charge in [-0.05, 0) is 54.7 Å². The SMILES string of the molecule is CC(C(=O)O)c1ccc(-c2ccccc2)c(F)c1.CCC(C)(C(=O)O)c1ccc(-c2ccccc2)c(F)c1. The normalized spacial score (nSPS) is 13.0. The molecule has 0 amide bonds. The van der Waals surface area contributed by atoms with Crippen molar-refractivity contribution in [1.82, 2.24) is 0 Å². The predicted molar refractivity (Wildman–Crippen MR) is 145 cm³/mol. The second-order valence-corrected chi connectivity index (χ2v) is 9.22. The average molecular weight is 517 g/mol. The second kappa shape index (κ2) is 12.3. The van der Waals surface area contributed by atoms with Gasteiger partial charge in [-0.25, -0.2) is 8.78 Å². The Hall–Kier alpha value is -4.32. The van der Waals surface area contributed by atoms with Crippen LogP contribution in [0, 0.1) is 11.6 Å². The maximum absolute atomic E-state index is 14.3. The molecular formula is C32H30F2O4. The Morgan fingerprint density at radius 1 is 0.763 bits per heavy atom. The van der Waals surface area contributed by atoms with Crippen molar-refractivity contribution in [3.05, 3.63) is 120 Å². The molecule has 2 unspecified atom stereocenters. The van der Waals surface area contributed by atoms with E-state index in [1.54, 1.807) is 45.0 Å². The van der Waals surface area contributed by atoms with E-state index in [2.05, 4.69) is 0 Å². The topological polar surface area (TPSA) is 74.6 Å². The summed E-state index contributed by atoms with van der Waals surface area (Å²) in [5, 5.41) is 18.2. The van der Waals surface area contributed by atoms with Crippen LogP contribution in [-0.4, -0.2) is 22.2 Å². The van der Waals surface area contributed by atoms with Gasteiger partial charge in [-0.2, -0.15) is 0 Å². The summed E-state index contributed by atoms with van der Waals surface area (Å²) in [6.45, 7) is 4.95. The first-order chi connectivity index (χ1) is 18.1. The van der Waals surface area contributed by atoms with Gasteiger partial charge in [-0.1, -0.05) is 91.9 Å². The van der Waals surface area contributed by atoms with Gasteiger partial charge >= 0.3 is 11.9 Å². The molecule has 0 aliphatic heterocycles. The molecule has 0 heterocycles. The molecule has 0 saturated carbocycles. The minimum absolute atomic E-state index is 0.394. The van der Waals surface area contributed by atoms with E-state index in [4.69, 9.17) is 5.11 Å². The molecule has 38 heavy (non-hydrogen) atoms. The molecule has 2 atom stereocenters. The number of hydrogen-bond acceptors (Lipinski definition) is 2. The molecule has 0 radical (unpaired) electrons. The summed E-state index contributed by atoms with van der Waals surface area (Å²) in [6.07, 6.45) is 0.409. The molecule has 0 spiro atoms. The maximum Gasteiger partial charge on any atom is 0.313 e. The molecule has 0 fully saturated rings. The highest BCUT2D eigenvalue weighted by atomic mass is 19.1. The summed E-state index contributed by atoms with van der Waals surface area (Å²) in [5.74, 6) is -3.39. The van der Waals surface area contributed by atoms with Gasteiger partial charge in [0.05, 0.1) is 11.3 Å². The number of aliphatic carboxylic acids is 2. The highest BCUT2D eigenvalue weighted by Crippen LogP contribution is 2.32. The van der Waals surface area contributed by atoms with Gasteiger partial charge < -0.3 is 10.2 Å². The first kappa shape index (κ1) is 28.3. The lowest BCUT2D eigenvalue weighted by Crippen LogP contribution is -2.31. The Morgan fingerprint density at radius 3 is 1.63 bits per heavy atom. The molecule has 4 aromatic carbocycles. The van der Waals surface area contributed by atoms with E-state index in [1.165, 1.54) is 12.1 Å².